The van der Waals surface area contributed by atoms with E-state index < -0.39 is 0 Å². The van der Waals surface area contributed by atoms with Crippen molar-refractivity contribution in [3.63, 3.8) is 0 Å². The van der Waals surface area contributed by atoms with Gasteiger partial charge in [0.15, 0.2) is 0 Å². The molecule has 2 aliphatic carbocycles. The van der Waals surface area contributed by atoms with E-state index in [1.165, 1.54) is 32.2 Å². The van der Waals surface area contributed by atoms with Crippen LogP contribution in [0.1, 0.15) is 46.5 Å². The Labute approximate surface area is 107 Å². The zero-order chi connectivity index (χ0) is 12.5. The van der Waals surface area contributed by atoms with Gasteiger partial charge in [0, 0.05) is 13.7 Å². The summed E-state index contributed by atoms with van der Waals surface area (Å²) in [6.45, 7) is 9.13. The van der Waals surface area contributed by atoms with Crippen molar-refractivity contribution in [2.75, 3.05) is 20.2 Å². The molecule has 2 nitrogen and oxygen atoms in total. The summed E-state index contributed by atoms with van der Waals surface area (Å²) in [7, 11) is 1.84. The third-order valence-electron chi connectivity index (χ3n) is 4.63. The van der Waals surface area contributed by atoms with Crippen molar-refractivity contribution >= 4 is 0 Å². The molecule has 17 heavy (non-hydrogen) atoms. The van der Waals surface area contributed by atoms with E-state index in [0.29, 0.717) is 11.5 Å². The molecule has 0 saturated heterocycles. The molecule has 1 N–H and O–H groups in total. The van der Waals surface area contributed by atoms with Crippen LogP contribution in [0.5, 0.6) is 0 Å². The van der Waals surface area contributed by atoms with Crippen molar-refractivity contribution in [2.24, 2.45) is 23.2 Å². The Morgan fingerprint density at radius 1 is 1.24 bits per heavy atom. The fourth-order valence-corrected chi connectivity index (χ4v) is 3.71. The fourth-order valence-electron chi connectivity index (χ4n) is 3.71. The van der Waals surface area contributed by atoms with E-state index in [-0.39, 0.29) is 0 Å². The molecule has 0 aromatic heterocycles. The Balaban J connectivity index is 1.84. The number of methoxy groups -OCH3 is 1. The van der Waals surface area contributed by atoms with Crippen LogP contribution >= 0.6 is 0 Å². The van der Waals surface area contributed by atoms with Gasteiger partial charge in [-0.25, -0.2) is 0 Å². The monoisotopic (exact) mass is 239 g/mol. The van der Waals surface area contributed by atoms with Crippen molar-refractivity contribution in [1.82, 2.24) is 5.32 Å². The summed E-state index contributed by atoms with van der Waals surface area (Å²) in [4.78, 5) is 0. The van der Waals surface area contributed by atoms with Gasteiger partial charge in [-0.1, -0.05) is 13.8 Å². The summed E-state index contributed by atoms with van der Waals surface area (Å²) in [6.07, 6.45) is 6.04. The van der Waals surface area contributed by atoms with E-state index in [1.807, 2.05) is 7.11 Å². The van der Waals surface area contributed by atoms with Crippen molar-refractivity contribution < 1.29 is 4.74 Å². The lowest BCUT2D eigenvalue weighted by atomic mass is 9.78. The highest BCUT2D eigenvalue weighted by Crippen LogP contribution is 2.61. The molecule has 0 spiro atoms. The minimum absolute atomic E-state index is 0.411. The van der Waals surface area contributed by atoms with E-state index in [9.17, 15) is 0 Å². The first-order chi connectivity index (χ1) is 8.04. The highest BCUT2D eigenvalue weighted by Gasteiger charge is 2.53. The molecule has 100 valence electrons. The van der Waals surface area contributed by atoms with E-state index in [1.54, 1.807) is 0 Å². The van der Waals surface area contributed by atoms with E-state index >= 15 is 0 Å². The molecule has 0 aromatic rings. The average molecular weight is 239 g/mol. The predicted molar refractivity (Wildman–Crippen MR) is 72.1 cm³/mol. The van der Waals surface area contributed by atoms with Gasteiger partial charge in [-0.15, -0.1) is 0 Å². The minimum Gasteiger partial charge on any atom is -0.382 e. The van der Waals surface area contributed by atoms with Gasteiger partial charge >= 0.3 is 0 Å². The van der Waals surface area contributed by atoms with Crippen molar-refractivity contribution in [2.45, 2.75) is 52.6 Å². The van der Waals surface area contributed by atoms with Gasteiger partial charge in [0.05, 0.1) is 6.10 Å². The Hall–Kier alpha value is -0.0800. The van der Waals surface area contributed by atoms with E-state index in [2.05, 4.69) is 26.1 Å². The Morgan fingerprint density at radius 2 is 1.88 bits per heavy atom. The van der Waals surface area contributed by atoms with E-state index in [4.69, 9.17) is 4.74 Å². The lowest BCUT2D eigenvalue weighted by Crippen LogP contribution is -2.37. The van der Waals surface area contributed by atoms with Crippen LogP contribution < -0.4 is 5.32 Å². The van der Waals surface area contributed by atoms with Gasteiger partial charge in [0.2, 0.25) is 0 Å². The molecule has 2 heteroatoms. The molecule has 2 aliphatic rings. The zero-order valence-electron chi connectivity index (χ0n) is 12.0. The largest absolute Gasteiger partial charge is 0.382 e. The number of rotatable bonds is 7. The number of hydrogen-bond acceptors (Lipinski definition) is 2. The van der Waals surface area contributed by atoms with Crippen LogP contribution in [0.15, 0.2) is 0 Å². The molecule has 0 aliphatic heterocycles. The van der Waals surface area contributed by atoms with Gasteiger partial charge < -0.3 is 10.1 Å². The van der Waals surface area contributed by atoms with Crippen LogP contribution in [0, 0.1) is 23.2 Å². The molecule has 0 bridgehead atoms. The van der Waals surface area contributed by atoms with Gasteiger partial charge in [-0.3, -0.25) is 0 Å². The lowest BCUT2D eigenvalue weighted by molar-refractivity contribution is 0.0598. The fraction of sp³-hybridized carbons (Fsp3) is 1.00. The second-order valence-electron chi connectivity index (χ2n) is 6.94. The summed E-state index contributed by atoms with van der Waals surface area (Å²) in [6, 6.07) is 0. The molecule has 0 radical (unpaired) electrons. The third-order valence-corrected chi connectivity index (χ3v) is 4.63. The summed E-state index contributed by atoms with van der Waals surface area (Å²) in [5.41, 5.74) is 0.540. The highest BCUT2D eigenvalue weighted by molar-refractivity contribution is 5.04. The molecule has 0 heterocycles. The number of nitrogens with one attached hydrogen (secondary N) is 1. The molecular formula is C15H29NO. The van der Waals surface area contributed by atoms with Crippen LogP contribution in [-0.2, 0) is 4.74 Å². The van der Waals surface area contributed by atoms with Crippen LogP contribution in [0.2, 0.25) is 0 Å². The maximum Gasteiger partial charge on any atom is 0.0549 e. The van der Waals surface area contributed by atoms with Gasteiger partial charge in [-0.2, -0.15) is 0 Å². The van der Waals surface area contributed by atoms with Crippen LogP contribution in [-0.4, -0.2) is 26.3 Å². The summed E-state index contributed by atoms with van der Waals surface area (Å²) in [5.74, 6) is 2.86. The SMILES string of the molecule is COC(C)CC1(CNCC(C)C)CC2CC2C1. The number of ether oxygens (including phenoxy) is 1. The van der Waals surface area contributed by atoms with Gasteiger partial charge in [-0.05, 0) is 62.3 Å². The second kappa shape index (κ2) is 5.27. The van der Waals surface area contributed by atoms with E-state index in [0.717, 1.165) is 24.3 Å². The number of hydrogen-bond donors (Lipinski definition) is 1. The molecule has 0 aromatic carbocycles. The maximum atomic E-state index is 5.49. The maximum absolute atomic E-state index is 5.49. The quantitative estimate of drug-likeness (QED) is 0.737. The molecule has 0 amide bonds. The summed E-state index contributed by atoms with van der Waals surface area (Å²) < 4.78 is 5.49. The average Bonchev–Trinajstić information content (AvgIpc) is 2.86. The van der Waals surface area contributed by atoms with Crippen molar-refractivity contribution in [3.8, 4) is 0 Å². The second-order valence-corrected chi connectivity index (χ2v) is 6.94. The predicted octanol–water partition coefficient (Wildman–Crippen LogP) is 3.07. The Morgan fingerprint density at radius 3 is 2.41 bits per heavy atom. The minimum atomic E-state index is 0.411. The summed E-state index contributed by atoms with van der Waals surface area (Å²) in [5, 5.41) is 3.68. The smallest absolute Gasteiger partial charge is 0.0549 e. The molecule has 2 fully saturated rings. The summed E-state index contributed by atoms with van der Waals surface area (Å²) >= 11 is 0. The standard InChI is InChI=1S/C15H29NO/c1-11(2)9-16-10-15(6-12(3)17-4)7-13-5-14(13)8-15/h11-14,16H,5-10H2,1-4H3. The lowest BCUT2D eigenvalue weighted by Gasteiger charge is -2.34. The zero-order valence-corrected chi connectivity index (χ0v) is 12.0. The molecular weight excluding hydrogens is 210 g/mol. The van der Waals surface area contributed by atoms with Crippen LogP contribution in [0.4, 0.5) is 0 Å². The van der Waals surface area contributed by atoms with Crippen molar-refractivity contribution in [3.05, 3.63) is 0 Å². The molecule has 2 saturated carbocycles. The number of fused-ring (bicyclic) bond motifs is 1. The topological polar surface area (TPSA) is 21.3 Å². The first-order valence-electron chi connectivity index (χ1n) is 7.28. The highest BCUT2D eigenvalue weighted by atomic mass is 16.5. The Bertz CT molecular complexity index is 241. The van der Waals surface area contributed by atoms with Crippen LogP contribution in [0.25, 0.3) is 0 Å². The van der Waals surface area contributed by atoms with Gasteiger partial charge in [0.25, 0.3) is 0 Å². The first-order valence-corrected chi connectivity index (χ1v) is 7.28. The van der Waals surface area contributed by atoms with Crippen molar-refractivity contribution in [1.29, 1.82) is 0 Å². The molecule has 3 unspecified atom stereocenters. The molecule has 3 atom stereocenters. The first kappa shape index (κ1) is 13.4. The Kier molecular flexibility index (Phi) is 4.14. The van der Waals surface area contributed by atoms with Crippen LogP contribution in [0.3, 0.4) is 0 Å². The molecule has 2 rings (SSSR count). The van der Waals surface area contributed by atoms with Gasteiger partial charge in [0.1, 0.15) is 0 Å². The normalized spacial score (nSPS) is 37.2. The third kappa shape index (κ3) is 3.45.